The maximum absolute atomic E-state index is 11.8. The monoisotopic (exact) mass is 358 g/mol. The van der Waals surface area contributed by atoms with Crippen LogP contribution in [0.1, 0.15) is 30.1 Å². The molecule has 0 amide bonds. The molecule has 0 spiro atoms. The first-order valence-electron chi connectivity index (χ1n) is 8.81. The molecule has 0 unspecified atom stereocenters. The number of hydrogen-bond donors (Lipinski definition) is 1. The average Bonchev–Trinajstić information content (AvgIpc) is 3.26. The highest BCUT2D eigenvalue weighted by atomic mass is 16.5. The molecule has 8 heteroatoms. The van der Waals surface area contributed by atoms with E-state index in [1.54, 1.807) is 18.0 Å². The van der Waals surface area contributed by atoms with E-state index in [0.29, 0.717) is 23.7 Å². The third-order valence-corrected chi connectivity index (χ3v) is 5.00. The second kappa shape index (κ2) is 6.60. The molecule has 2 aromatic heterocycles. The molecule has 2 aliphatic rings. The van der Waals surface area contributed by atoms with Gasteiger partial charge >= 0.3 is 5.97 Å². The van der Waals surface area contributed by atoms with Crippen molar-refractivity contribution in [1.29, 1.82) is 0 Å². The van der Waals surface area contributed by atoms with Crippen molar-refractivity contribution in [3.05, 3.63) is 23.9 Å². The van der Waals surface area contributed by atoms with Gasteiger partial charge in [0.2, 0.25) is 5.88 Å². The number of rotatable bonds is 4. The molecule has 8 nitrogen and oxygen atoms in total. The Morgan fingerprint density at radius 1 is 1.35 bits per heavy atom. The molecule has 0 aliphatic carbocycles. The summed E-state index contributed by atoms with van der Waals surface area (Å²) in [4.78, 5) is 18.5. The van der Waals surface area contributed by atoms with E-state index in [-0.39, 0.29) is 17.8 Å². The van der Waals surface area contributed by atoms with E-state index in [9.17, 15) is 9.90 Å². The molecule has 2 atom stereocenters. The SMILES string of the molecule is CO[C@H]1CCN(c2ccc(-c3nn4c(c3C(=O)O)O[C@H](C)CC4)cn2)C1. The van der Waals surface area contributed by atoms with Crippen LogP contribution in [0.2, 0.25) is 0 Å². The molecule has 2 aliphatic heterocycles. The zero-order valence-electron chi connectivity index (χ0n) is 14.9. The van der Waals surface area contributed by atoms with Gasteiger partial charge in [0.1, 0.15) is 17.1 Å². The number of aryl methyl sites for hydroxylation is 1. The molecule has 2 aromatic rings. The first-order valence-corrected chi connectivity index (χ1v) is 8.81. The number of ether oxygens (including phenoxy) is 2. The molecule has 1 N–H and O–H groups in total. The summed E-state index contributed by atoms with van der Waals surface area (Å²) in [5, 5.41) is 14.1. The lowest BCUT2D eigenvalue weighted by molar-refractivity contribution is 0.0684. The average molecular weight is 358 g/mol. The lowest BCUT2D eigenvalue weighted by Gasteiger charge is -2.21. The van der Waals surface area contributed by atoms with Crippen LogP contribution in [-0.2, 0) is 11.3 Å². The van der Waals surface area contributed by atoms with E-state index in [1.807, 2.05) is 19.1 Å². The predicted octanol–water partition coefficient (Wildman–Crippen LogP) is 2.04. The zero-order chi connectivity index (χ0) is 18.3. The van der Waals surface area contributed by atoms with Crippen LogP contribution in [0.5, 0.6) is 5.88 Å². The van der Waals surface area contributed by atoms with Gasteiger partial charge < -0.3 is 19.5 Å². The van der Waals surface area contributed by atoms with Gasteiger partial charge in [-0.1, -0.05) is 0 Å². The summed E-state index contributed by atoms with van der Waals surface area (Å²) in [6, 6.07) is 3.77. The summed E-state index contributed by atoms with van der Waals surface area (Å²) in [5.74, 6) is 0.152. The minimum Gasteiger partial charge on any atom is -0.477 e. The Labute approximate surface area is 151 Å². The van der Waals surface area contributed by atoms with Crippen LogP contribution in [0, 0.1) is 0 Å². The summed E-state index contributed by atoms with van der Waals surface area (Å²) in [5.41, 5.74) is 1.18. The molecule has 0 bridgehead atoms. The topological polar surface area (TPSA) is 89.7 Å². The number of carboxylic acids is 1. The van der Waals surface area contributed by atoms with Crippen molar-refractivity contribution in [3.8, 4) is 17.1 Å². The molecule has 0 aromatic carbocycles. The van der Waals surface area contributed by atoms with Gasteiger partial charge in [0, 0.05) is 44.9 Å². The van der Waals surface area contributed by atoms with Crippen molar-refractivity contribution in [2.45, 2.75) is 38.5 Å². The van der Waals surface area contributed by atoms with Gasteiger partial charge in [-0.05, 0) is 25.5 Å². The Morgan fingerprint density at radius 3 is 2.85 bits per heavy atom. The van der Waals surface area contributed by atoms with Crippen molar-refractivity contribution < 1.29 is 19.4 Å². The summed E-state index contributed by atoms with van der Waals surface area (Å²) in [7, 11) is 1.72. The molecule has 1 fully saturated rings. The van der Waals surface area contributed by atoms with Crippen molar-refractivity contribution in [2.75, 3.05) is 25.1 Å². The number of carbonyl (C=O) groups is 1. The highest BCUT2D eigenvalue weighted by Gasteiger charge is 2.30. The second-order valence-electron chi connectivity index (χ2n) is 6.77. The van der Waals surface area contributed by atoms with Gasteiger partial charge in [-0.2, -0.15) is 5.10 Å². The lowest BCUT2D eigenvalue weighted by atomic mass is 10.1. The number of hydrogen-bond acceptors (Lipinski definition) is 6. The fourth-order valence-corrected chi connectivity index (χ4v) is 3.51. The highest BCUT2D eigenvalue weighted by Crippen LogP contribution is 2.34. The van der Waals surface area contributed by atoms with E-state index < -0.39 is 5.97 Å². The number of aromatic carboxylic acids is 1. The van der Waals surface area contributed by atoms with Crippen LogP contribution in [0.3, 0.4) is 0 Å². The number of aromatic nitrogens is 3. The van der Waals surface area contributed by atoms with Crippen molar-refractivity contribution in [2.24, 2.45) is 0 Å². The van der Waals surface area contributed by atoms with Gasteiger partial charge in [-0.3, -0.25) is 0 Å². The Hall–Kier alpha value is -2.61. The van der Waals surface area contributed by atoms with Crippen LogP contribution in [0.25, 0.3) is 11.3 Å². The van der Waals surface area contributed by atoms with Gasteiger partial charge in [0.25, 0.3) is 0 Å². The van der Waals surface area contributed by atoms with Crippen LogP contribution in [-0.4, -0.2) is 58.2 Å². The minimum absolute atomic E-state index is 0.0189. The molecular formula is C18H22N4O4. The summed E-state index contributed by atoms with van der Waals surface area (Å²) in [6.45, 7) is 4.29. The van der Waals surface area contributed by atoms with Crippen molar-refractivity contribution in [3.63, 3.8) is 0 Å². The van der Waals surface area contributed by atoms with Gasteiger partial charge in [-0.25, -0.2) is 14.5 Å². The van der Waals surface area contributed by atoms with E-state index in [2.05, 4.69) is 15.0 Å². The number of methoxy groups -OCH3 is 1. The van der Waals surface area contributed by atoms with Crippen LogP contribution >= 0.6 is 0 Å². The maximum atomic E-state index is 11.8. The van der Waals surface area contributed by atoms with Crippen molar-refractivity contribution >= 4 is 11.8 Å². The van der Waals surface area contributed by atoms with E-state index in [1.165, 1.54) is 0 Å². The molecule has 1 saturated heterocycles. The number of nitrogens with zero attached hydrogens (tertiary/aromatic N) is 4. The molecule has 0 radical (unpaired) electrons. The Balaban J connectivity index is 1.65. The Bertz CT molecular complexity index is 817. The van der Waals surface area contributed by atoms with Crippen molar-refractivity contribution in [1.82, 2.24) is 14.8 Å². The molecular weight excluding hydrogens is 336 g/mol. The third kappa shape index (κ3) is 2.90. The largest absolute Gasteiger partial charge is 0.477 e. The number of fused-ring (bicyclic) bond motifs is 1. The van der Waals surface area contributed by atoms with Gasteiger partial charge in [0.05, 0.1) is 12.2 Å². The summed E-state index contributed by atoms with van der Waals surface area (Å²) in [6.07, 6.45) is 3.68. The first kappa shape index (κ1) is 16.8. The van der Waals surface area contributed by atoms with Gasteiger partial charge in [0.15, 0.2) is 0 Å². The summed E-state index contributed by atoms with van der Waals surface area (Å²) >= 11 is 0. The second-order valence-corrected chi connectivity index (χ2v) is 6.77. The predicted molar refractivity (Wildman–Crippen MR) is 94.8 cm³/mol. The first-order chi connectivity index (χ1) is 12.6. The number of anilines is 1. The fraction of sp³-hybridized carbons (Fsp3) is 0.500. The molecule has 138 valence electrons. The van der Waals surface area contributed by atoms with E-state index in [0.717, 1.165) is 31.7 Å². The van der Waals surface area contributed by atoms with Crippen LogP contribution in [0.15, 0.2) is 18.3 Å². The number of pyridine rings is 1. The molecule has 4 rings (SSSR count). The fourth-order valence-electron chi connectivity index (χ4n) is 3.51. The highest BCUT2D eigenvalue weighted by molar-refractivity contribution is 5.97. The smallest absolute Gasteiger partial charge is 0.343 e. The van der Waals surface area contributed by atoms with E-state index in [4.69, 9.17) is 9.47 Å². The zero-order valence-corrected chi connectivity index (χ0v) is 14.9. The van der Waals surface area contributed by atoms with E-state index >= 15 is 0 Å². The Kier molecular flexibility index (Phi) is 4.28. The lowest BCUT2D eigenvalue weighted by Crippen LogP contribution is -2.24. The third-order valence-electron chi connectivity index (χ3n) is 5.00. The van der Waals surface area contributed by atoms with Crippen LogP contribution in [0.4, 0.5) is 5.82 Å². The standard InChI is InChI=1S/C18H22N4O4/c1-11-5-8-22-17(26-11)15(18(23)24)16(20-22)12-3-4-14(19-9-12)21-7-6-13(10-21)25-2/h3-4,9,11,13H,5-8,10H2,1-2H3,(H,23,24)/t11-,13+/m1/s1. The number of carboxylic acid groups (broad SMARTS) is 1. The maximum Gasteiger partial charge on any atom is 0.343 e. The van der Waals surface area contributed by atoms with Gasteiger partial charge in [-0.15, -0.1) is 0 Å². The molecule has 0 saturated carbocycles. The minimum atomic E-state index is -1.04. The normalized spacial score (nSPS) is 22.2. The molecule has 26 heavy (non-hydrogen) atoms. The quantitative estimate of drug-likeness (QED) is 0.894. The molecule has 4 heterocycles. The van der Waals surface area contributed by atoms with Crippen LogP contribution < -0.4 is 9.64 Å². The Morgan fingerprint density at radius 2 is 2.19 bits per heavy atom. The summed E-state index contributed by atoms with van der Waals surface area (Å²) < 4.78 is 12.8.